The second kappa shape index (κ2) is 11.2. The largest absolute Gasteiger partial charge is 0.490 e. The second-order valence-electron chi connectivity index (χ2n) is 8.70. The topological polar surface area (TPSA) is 67.9 Å². The van der Waals surface area contributed by atoms with E-state index >= 15 is 0 Å². The van der Waals surface area contributed by atoms with E-state index in [1.807, 2.05) is 37.3 Å². The maximum atomic E-state index is 13.2. The molecule has 0 saturated carbocycles. The summed E-state index contributed by atoms with van der Waals surface area (Å²) < 4.78 is 26.1. The average Bonchev–Trinajstić information content (AvgIpc) is 3.17. The highest BCUT2D eigenvalue weighted by Gasteiger charge is 2.33. The predicted octanol–water partition coefficient (Wildman–Crippen LogP) is 6.65. The van der Waals surface area contributed by atoms with Gasteiger partial charge in [0.25, 0.3) is 5.91 Å². The van der Waals surface area contributed by atoms with E-state index in [2.05, 4.69) is 46.1 Å². The van der Waals surface area contributed by atoms with Crippen molar-refractivity contribution in [2.45, 2.75) is 20.1 Å². The SMILES string of the molecule is CCOc1cc(/C=C2/NC(=O)N(Cc3ccc(F)cc3)C2=O)cc(I)c1OCc1cccc2ccccc12. The van der Waals surface area contributed by atoms with Gasteiger partial charge in [-0.05, 0) is 87.3 Å². The molecule has 3 amide bonds. The summed E-state index contributed by atoms with van der Waals surface area (Å²) in [6.07, 6.45) is 1.62. The van der Waals surface area contributed by atoms with Crippen LogP contribution < -0.4 is 14.8 Å². The van der Waals surface area contributed by atoms with E-state index < -0.39 is 11.9 Å². The number of imide groups is 1. The van der Waals surface area contributed by atoms with Crippen molar-refractivity contribution in [2.75, 3.05) is 6.61 Å². The number of hydrogen-bond acceptors (Lipinski definition) is 4. The number of ether oxygens (including phenoxy) is 2. The van der Waals surface area contributed by atoms with Crippen LogP contribution in [0.2, 0.25) is 0 Å². The molecule has 6 nitrogen and oxygen atoms in total. The molecule has 1 N–H and O–H groups in total. The fourth-order valence-electron chi connectivity index (χ4n) is 4.30. The zero-order chi connectivity index (χ0) is 26.6. The van der Waals surface area contributed by atoms with Crippen molar-refractivity contribution in [2.24, 2.45) is 0 Å². The van der Waals surface area contributed by atoms with Gasteiger partial charge in [0.2, 0.25) is 0 Å². The van der Waals surface area contributed by atoms with E-state index in [0.717, 1.165) is 24.8 Å². The van der Waals surface area contributed by atoms with Crippen LogP contribution in [0.25, 0.3) is 16.8 Å². The number of halogens is 2. The van der Waals surface area contributed by atoms with Crippen molar-refractivity contribution in [1.29, 1.82) is 0 Å². The van der Waals surface area contributed by atoms with Gasteiger partial charge in [-0.15, -0.1) is 0 Å². The Morgan fingerprint density at radius 1 is 0.974 bits per heavy atom. The summed E-state index contributed by atoms with van der Waals surface area (Å²) in [5, 5.41) is 4.91. The van der Waals surface area contributed by atoms with Crippen LogP contribution in [-0.4, -0.2) is 23.4 Å². The van der Waals surface area contributed by atoms with Crippen LogP contribution in [0, 0.1) is 9.39 Å². The standard InChI is InChI=1S/C30H24FIN2O4/c1-2-37-27-16-20(15-26-29(35)34(30(36)33-26)17-19-10-12-23(31)13-11-19)14-25(32)28(27)38-18-22-8-5-7-21-6-3-4-9-24(21)22/h3-16H,2,17-18H2,1H3,(H,33,36)/b26-15+. The Hall–Kier alpha value is -3.92. The monoisotopic (exact) mass is 622 g/mol. The van der Waals surface area contributed by atoms with Crippen molar-refractivity contribution >= 4 is 51.4 Å². The molecule has 0 aromatic heterocycles. The van der Waals surface area contributed by atoms with E-state index in [1.54, 1.807) is 24.3 Å². The number of carbonyl (C=O) groups excluding carboxylic acids is 2. The Kier molecular flexibility index (Phi) is 7.59. The first kappa shape index (κ1) is 25.7. The molecule has 0 bridgehead atoms. The molecule has 5 rings (SSSR count). The Bertz CT molecular complexity index is 1550. The lowest BCUT2D eigenvalue weighted by molar-refractivity contribution is -0.123. The molecule has 0 aliphatic carbocycles. The van der Waals surface area contributed by atoms with E-state index in [4.69, 9.17) is 9.47 Å². The first-order valence-corrected chi connectivity index (χ1v) is 13.2. The molecule has 0 spiro atoms. The summed E-state index contributed by atoms with van der Waals surface area (Å²) in [5.41, 5.74) is 2.55. The van der Waals surface area contributed by atoms with E-state index in [9.17, 15) is 14.0 Å². The van der Waals surface area contributed by atoms with Crippen molar-refractivity contribution in [1.82, 2.24) is 10.2 Å². The highest BCUT2D eigenvalue weighted by atomic mass is 127. The van der Waals surface area contributed by atoms with Crippen LogP contribution in [0.3, 0.4) is 0 Å². The third-order valence-electron chi connectivity index (χ3n) is 6.11. The van der Waals surface area contributed by atoms with Crippen LogP contribution in [0.4, 0.5) is 9.18 Å². The Balaban J connectivity index is 1.38. The van der Waals surface area contributed by atoms with Gasteiger partial charge in [-0.3, -0.25) is 9.69 Å². The van der Waals surface area contributed by atoms with Gasteiger partial charge in [-0.25, -0.2) is 9.18 Å². The molecule has 1 fully saturated rings. The Morgan fingerprint density at radius 3 is 2.53 bits per heavy atom. The maximum Gasteiger partial charge on any atom is 0.329 e. The molecule has 4 aromatic rings. The van der Waals surface area contributed by atoms with Gasteiger partial charge in [-0.2, -0.15) is 0 Å². The normalized spacial score (nSPS) is 14.3. The first-order valence-electron chi connectivity index (χ1n) is 12.1. The lowest BCUT2D eigenvalue weighted by Crippen LogP contribution is -2.30. The van der Waals surface area contributed by atoms with Crippen molar-refractivity contribution < 1.29 is 23.5 Å². The van der Waals surface area contributed by atoms with Crippen LogP contribution in [0.15, 0.2) is 84.6 Å². The summed E-state index contributed by atoms with van der Waals surface area (Å²) in [6.45, 7) is 2.73. The molecular weight excluding hydrogens is 598 g/mol. The Labute approximate surface area is 233 Å². The van der Waals surface area contributed by atoms with Crippen LogP contribution >= 0.6 is 22.6 Å². The van der Waals surface area contributed by atoms with Crippen molar-refractivity contribution in [3.63, 3.8) is 0 Å². The number of benzene rings is 4. The number of nitrogens with zero attached hydrogens (tertiary/aromatic N) is 1. The predicted molar refractivity (Wildman–Crippen MR) is 152 cm³/mol. The van der Waals surface area contributed by atoms with Crippen LogP contribution in [0.5, 0.6) is 11.5 Å². The summed E-state index contributed by atoms with van der Waals surface area (Å²) in [4.78, 5) is 26.5. The highest BCUT2D eigenvalue weighted by molar-refractivity contribution is 14.1. The van der Waals surface area contributed by atoms with Gasteiger partial charge in [0.1, 0.15) is 18.1 Å². The van der Waals surface area contributed by atoms with E-state index in [-0.39, 0.29) is 18.1 Å². The fourth-order valence-corrected chi connectivity index (χ4v) is 5.08. The summed E-state index contributed by atoms with van der Waals surface area (Å²) >= 11 is 2.18. The average molecular weight is 622 g/mol. The number of fused-ring (bicyclic) bond motifs is 1. The summed E-state index contributed by atoms with van der Waals surface area (Å²) in [7, 11) is 0. The molecule has 0 radical (unpaired) electrons. The second-order valence-corrected chi connectivity index (χ2v) is 9.86. The van der Waals surface area contributed by atoms with E-state index in [0.29, 0.717) is 35.8 Å². The number of rotatable bonds is 8. The number of amides is 3. The number of urea groups is 1. The van der Waals surface area contributed by atoms with E-state index in [1.165, 1.54) is 12.1 Å². The van der Waals surface area contributed by atoms with Gasteiger partial charge in [0.15, 0.2) is 11.5 Å². The van der Waals surface area contributed by atoms with Crippen molar-refractivity contribution in [3.05, 3.63) is 111 Å². The molecule has 1 heterocycles. The van der Waals surface area contributed by atoms with Gasteiger partial charge in [-0.1, -0.05) is 54.6 Å². The maximum absolute atomic E-state index is 13.2. The molecule has 38 heavy (non-hydrogen) atoms. The van der Waals surface area contributed by atoms with Crippen LogP contribution in [0.1, 0.15) is 23.6 Å². The fraction of sp³-hybridized carbons (Fsp3) is 0.133. The molecule has 1 aliphatic heterocycles. The van der Waals surface area contributed by atoms with Crippen molar-refractivity contribution in [3.8, 4) is 11.5 Å². The number of nitrogens with one attached hydrogen (secondary N) is 1. The zero-order valence-electron chi connectivity index (χ0n) is 20.5. The number of hydrogen-bond donors (Lipinski definition) is 1. The van der Waals surface area contributed by atoms with Gasteiger partial charge < -0.3 is 14.8 Å². The molecule has 1 saturated heterocycles. The highest BCUT2D eigenvalue weighted by Crippen LogP contribution is 2.36. The zero-order valence-corrected chi connectivity index (χ0v) is 22.7. The smallest absolute Gasteiger partial charge is 0.329 e. The lowest BCUT2D eigenvalue weighted by atomic mass is 10.1. The minimum absolute atomic E-state index is 0.0466. The molecule has 0 unspecified atom stereocenters. The minimum atomic E-state index is -0.527. The third-order valence-corrected chi connectivity index (χ3v) is 6.91. The third kappa shape index (κ3) is 5.50. The first-order chi connectivity index (χ1) is 18.4. The summed E-state index contributed by atoms with van der Waals surface area (Å²) in [5.74, 6) is 0.327. The summed E-state index contributed by atoms with van der Waals surface area (Å²) in [6, 6.07) is 23.1. The number of carbonyl (C=O) groups is 2. The lowest BCUT2D eigenvalue weighted by Gasteiger charge is -2.16. The Morgan fingerprint density at radius 2 is 1.74 bits per heavy atom. The minimum Gasteiger partial charge on any atom is -0.490 e. The van der Waals surface area contributed by atoms with Gasteiger partial charge in [0.05, 0.1) is 16.7 Å². The molecule has 4 aromatic carbocycles. The molecule has 8 heteroatoms. The molecule has 0 atom stereocenters. The van der Waals surface area contributed by atoms with Crippen LogP contribution in [-0.2, 0) is 17.9 Å². The van der Waals surface area contributed by atoms with Gasteiger partial charge in [0, 0.05) is 0 Å². The van der Waals surface area contributed by atoms with Gasteiger partial charge >= 0.3 is 6.03 Å². The quantitative estimate of drug-likeness (QED) is 0.136. The molecule has 192 valence electrons. The molecular formula is C30H24FIN2O4. The molecule has 1 aliphatic rings.